The van der Waals surface area contributed by atoms with Crippen LogP contribution in [0.25, 0.3) is 0 Å². The van der Waals surface area contributed by atoms with Gasteiger partial charge in [0.2, 0.25) is 0 Å². The minimum absolute atomic E-state index is 0.622. The Morgan fingerprint density at radius 2 is 2.33 bits per heavy atom. The molecule has 0 saturated carbocycles. The van der Waals surface area contributed by atoms with Gasteiger partial charge in [0, 0.05) is 0 Å². The SMILES string of the molecule is O=CN1CCCC[CH]1[Na]. The van der Waals surface area contributed by atoms with E-state index in [0.29, 0.717) is 3.29 Å². The summed E-state index contributed by atoms with van der Waals surface area (Å²) in [5.74, 6) is 0. The first-order valence-electron chi connectivity index (χ1n) is 3.55. The van der Waals surface area contributed by atoms with E-state index < -0.39 is 0 Å². The van der Waals surface area contributed by atoms with Crippen LogP contribution in [0, 0.1) is 0 Å². The standard InChI is InChI=1S/C6H10NO.Na/c8-6-7-4-2-1-3-5-7;/h4,6H,1-3,5H2;. The van der Waals surface area contributed by atoms with Gasteiger partial charge in [0.1, 0.15) is 0 Å². The van der Waals surface area contributed by atoms with Crippen molar-refractivity contribution in [2.24, 2.45) is 0 Å². The fourth-order valence-corrected chi connectivity index (χ4v) is 2.07. The topological polar surface area (TPSA) is 20.3 Å². The molecule has 0 aromatic carbocycles. The molecule has 3 heteroatoms. The molecule has 46 valence electrons. The van der Waals surface area contributed by atoms with Crippen molar-refractivity contribution in [1.29, 1.82) is 0 Å². The van der Waals surface area contributed by atoms with Crippen molar-refractivity contribution < 1.29 is 4.79 Å². The number of nitrogens with zero attached hydrogens (tertiary/aromatic N) is 1. The molecule has 1 aliphatic heterocycles. The summed E-state index contributed by atoms with van der Waals surface area (Å²) in [6, 6.07) is 0. The van der Waals surface area contributed by atoms with E-state index in [1.54, 1.807) is 0 Å². The summed E-state index contributed by atoms with van der Waals surface area (Å²) in [6.07, 6.45) is 4.76. The fourth-order valence-electron chi connectivity index (χ4n) is 1.28. The Morgan fingerprint density at radius 3 is 2.78 bits per heavy atom. The van der Waals surface area contributed by atoms with Crippen molar-refractivity contribution in [1.82, 2.24) is 4.90 Å². The molecule has 2 nitrogen and oxygen atoms in total. The van der Waals surface area contributed by atoms with Crippen LogP contribution < -0.4 is 0 Å². The van der Waals surface area contributed by atoms with E-state index in [2.05, 4.69) is 0 Å². The van der Waals surface area contributed by atoms with Gasteiger partial charge in [-0.05, 0) is 0 Å². The quantitative estimate of drug-likeness (QED) is 0.369. The zero-order valence-electron chi connectivity index (χ0n) is 5.84. The maximum atomic E-state index is 10.3. The van der Waals surface area contributed by atoms with Crippen LogP contribution in [0.4, 0.5) is 0 Å². The van der Waals surface area contributed by atoms with E-state index in [1.165, 1.54) is 19.3 Å². The molecule has 1 amide bonds. The van der Waals surface area contributed by atoms with Crippen molar-refractivity contribution >= 4 is 34.3 Å². The fraction of sp³-hybridized carbons (Fsp3) is 0.833. The number of carbonyl (C=O) groups is 1. The van der Waals surface area contributed by atoms with Gasteiger partial charge in [-0.3, -0.25) is 0 Å². The van der Waals surface area contributed by atoms with Crippen LogP contribution in [0.1, 0.15) is 19.3 Å². The third kappa shape index (κ3) is 1.95. The number of hydrogen-bond acceptors (Lipinski definition) is 1. The van der Waals surface area contributed by atoms with Crippen LogP contribution in [0.2, 0.25) is 0 Å². The Balaban J connectivity index is 2.38. The summed E-state index contributed by atoms with van der Waals surface area (Å²) >= 11 is 1.14. The van der Waals surface area contributed by atoms with Crippen LogP contribution in [0.3, 0.4) is 0 Å². The zero-order valence-corrected chi connectivity index (χ0v) is 7.84. The minimum atomic E-state index is 0.622. The third-order valence-corrected chi connectivity index (χ3v) is 3.23. The van der Waals surface area contributed by atoms with E-state index >= 15 is 0 Å². The summed E-state index contributed by atoms with van der Waals surface area (Å²) in [4.78, 5) is 12.3. The van der Waals surface area contributed by atoms with Crippen molar-refractivity contribution in [2.75, 3.05) is 6.54 Å². The molecule has 1 aliphatic rings. The summed E-state index contributed by atoms with van der Waals surface area (Å²) in [5, 5.41) is 0. The van der Waals surface area contributed by atoms with Crippen LogP contribution >= 0.6 is 0 Å². The molecule has 1 heterocycles. The number of hydrogen-bond donors (Lipinski definition) is 0. The molecule has 0 aliphatic carbocycles. The Bertz CT molecular complexity index is 107. The second-order valence-electron chi connectivity index (χ2n) is 2.69. The molecule has 0 spiro atoms. The second-order valence-corrected chi connectivity index (χ2v) is 4.02. The molecular weight excluding hydrogens is 125 g/mol. The van der Waals surface area contributed by atoms with Gasteiger partial charge in [-0.15, -0.1) is 0 Å². The molecule has 1 atom stereocenters. The van der Waals surface area contributed by atoms with Gasteiger partial charge < -0.3 is 0 Å². The molecule has 1 saturated heterocycles. The zero-order chi connectivity index (χ0) is 6.69. The number of likely N-dealkylation sites (tertiary alicyclic amines) is 1. The molecule has 1 fully saturated rings. The summed E-state index contributed by atoms with van der Waals surface area (Å²) in [5.41, 5.74) is 0. The molecule has 1 rings (SSSR count). The normalized spacial score (nSPS) is 28.2. The Hall–Kier alpha value is 0.470. The molecule has 0 bridgehead atoms. The van der Waals surface area contributed by atoms with Gasteiger partial charge in [0.05, 0.1) is 0 Å². The van der Waals surface area contributed by atoms with Crippen molar-refractivity contribution in [2.45, 2.75) is 22.6 Å². The van der Waals surface area contributed by atoms with E-state index in [-0.39, 0.29) is 0 Å². The molecular formula is C6H10NNaO. The van der Waals surface area contributed by atoms with E-state index in [0.717, 1.165) is 40.9 Å². The molecule has 0 N–H and O–H groups in total. The average Bonchev–Trinajstić information content (AvgIpc) is 1.89. The number of carbonyl (C=O) groups excluding carboxylic acids is 1. The predicted octanol–water partition coefficient (Wildman–Crippen LogP) is 0.123. The first-order chi connectivity index (χ1) is 4.34. The maximum absolute atomic E-state index is 10.3. The molecule has 0 aromatic heterocycles. The van der Waals surface area contributed by atoms with Crippen LogP contribution in [-0.2, 0) is 4.79 Å². The average molecular weight is 135 g/mol. The van der Waals surface area contributed by atoms with Crippen LogP contribution in [0.5, 0.6) is 0 Å². The summed E-state index contributed by atoms with van der Waals surface area (Å²) in [6.45, 7) is 0.998. The first-order valence-corrected chi connectivity index (χ1v) is 4.71. The second kappa shape index (κ2) is 3.59. The third-order valence-electron chi connectivity index (χ3n) is 1.99. The Kier molecular flexibility index (Phi) is 3.02. The summed E-state index contributed by atoms with van der Waals surface area (Å²) < 4.78 is 0.622. The molecule has 9 heavy (non-hydrogen) atoms. The van der Waals surface area contributed by atoms with Crippen molar-refractivity contribution in [3.8, 4) is 0 Å². The number of rotatable bonds is 1. The van der Waals surface area contributed by atoms with Gasteiger partial charge in [0.15, 0.2) is 0 Å². The van der Waals surface area contributed by atoms with E-state index in [4.69, 9.17) is 0 Å². The van der Waals surface area contributed by atoms with Crippen molar-refractivity contribution in [3.05, 3.63) is 0 Å². The van der Waals surface area contributed by atoms with E-state index in [1.807, 2.05) is 4.90 Å². The first kappa shape index (κ1) is 7.58. The van der Waals surface area contributed by atoms with Crippen molar-refractivity contribution in [3.63, 3.8) is 0 Å². The molecule has 0 radical (unpaired) electrons. The van der Waals surface area contributed by atoms with Crippen LogP contribution in [0.15, 0.2) is 0 Å². The molecule has 0 aromatic rings. The van der Waals surface area contributed by atoms with Gasteiger partial charge in [-0.25, -0.2) is 0 Å². The van der Waals surface area contributed by atoms with Gasteiger partial charge in [0.25, 0.3) is 0 Å². The Labute approximate surface area is 73.0 Å². The van der Waals surface area contributed by atoms with Gasteiger partial charge in [-0.1, -0.05) is 0 Å². The Morgan fingerprint density at radius 1 is 1.56 bits per heavy atom. The predicted molar refractivity (Wildman–Crippen MR) is 36.2 cm³/mol. The number of piperidine rings is 1. The van der Waals surface area contributed by atoms with E-state index in [9.17, 15) is 4.79 Å². The molecule has 1 unspecified atom stereocenters. The van der Waals surface area contributed by atoms with Gasteiger partial charge in [-0.2, -0.15) is 0 Å². The summed E-state index contributed by atoms with van der Waals surface area (Å²) in [7, 11) is 0. The van der Waals surface area contributed by atoms with Crippen LogP contribution in [-0.4, -0.2) is 49.1 Å². The van der Waals surface area contributed by atoms with Gasteiger partial charge >= 0.3 is 73.1 Å². The monoisotopic (exact) mass is 135 g/mol. The number of amides is 1.